The number of thiazole rings is 1. The number of aromatic nitrogens is 1. The molecule has 4 atom stereocenters. The number of rotatable bonds is 5. The fraction of sp³-hybridized carbons (Fsp3) is 0.722. The van der Waals surface area contributed by atoms with Gasteiger partial charge in [0.2, 0.25) is 11.8 Å². The van der Waals surface area contributed by atoms with Crippen LogP contribution in [0, 0.1) is 23.2 Å². The van der Waals surface area contributed by atoms with Gasteiger partial charge in [-0.2, -0.15) is 0 Å². The molecule has 4 rings (SSSR count). The van der Waals surface area contributed by atoms with Crippen molar-refractivity contribution in [3.63, 3.8) is 0 Å². The van der Waals surface area contributed by atoms with Gasteiger partial charge in [-0.1, -0.05) is 19.3 Å². The average Bonchev–Trinajstić information content (AvgIpc) is 3.04. The van der Waals surface area contributed by atoms with Crippen LogP contribution in [-0.4, -0.2) is 22.0 Å². The highest BCUT2D eigenvalue weighted by atomic mass is 32.1. The van der Waals surface area contributed by atoms with Gasteiger partial charge in [-0.15, -0.1) is 11.3 Å². The number of carbonyl (C=O) groups is 2. The van der Waals surface area contributed by atoms with Crippen molar-refractivity contribution in [2.45, 2.75) is 57.8 Å². The quantitative estimate of drug-likeness (QED) is 0.554. The predicted molar refractivity (Wildman–Crippen MR) is 94.2 cm³/mol. The molecule has 25 heavy (non-hydrogen) atoms. The molecule has 3 N–H and O–H groups in total. The van der Waals surface area contributed by atoms with Gasteiger partial charge in [0.15, 0.2) is 5.13 Å². The van der Waals surface area contributed by atoms with E-state index < -0.39 is 5.91 Å². The molecule has 3 fully saturated rings. The highest BCUT2D eigenvalue weighted by Gasteiger charge is 2.51. The second kappa shape index (κ2) is 6.68. The zero-order chi connectivity index (χ0) is 17.4. The van der Waals surface area contributed by atoms with E-state index >= 15 is 0 Å². The van der Waals surface area contributed by atoms with Crippen molar-refractivity contribution in [2.24, 2.45) is 23.2 Å². The summed E-state index contributed by atoms with van der Waals surface area (Å²) in [4.78, 5) is 28.0. The van der Waals surface area contributed by atoms with E-state index in [0.29, 0.717) is 17.2 Å². The SMILES string of the molecule is O=C(Cc1csc(NC(=O)CC23CC4CCCC(C2)C(C4)C3)n1)NO. The van der Waals surface area contributed by atoms with E-state index in [2.05, 4.69) is 10.3 Å². The Kier molecular flexibility index (Phi) is 4.54. The van der Waals surface area contributed by atoms with Crippen molar-refractivity contribution in [3.8, 4) is 0 Å². The van der Waals surface area contributed by atoms with Gasteiger partial charge in [-0.3, -0.25) is 14.8 Å². The molecular weight excluding hydrogens is 338 g/mol. The van der Waals surface area contributed by atoms with Crippen molar-refractivity contribution in [1.82, 2.24) is 10.5 Å². The first-order valence-corrected chi connectivity index (χ1v) is 10.1. The second-order valence-electron chi connectivity index (χ2n) is 8.25. The van der Waals surface area contributed by atoms with Crippen molar-refractivity contribution < 1.29 is 14.8 Å². The van der Waals surface area contributed by atoms with Crippen molar-refractivity contribution >= 4 is 28.3 Å². The van der Waals surface area contributed by atoms with Gasteiger partial charge in [0.1, 0.15) is 0 Å². The second-order valence-corrected chi connectivity index (χ2v) is 9.10. The summed E-state index contributed by atoms with van der Waals surface area (Å²) in [6.45, 7) is 0. The summed E-state index contributed by atoms with van der Waals surface area (Å²) in [6, 6.07) is 0. The summed E-state index contributed by atoms with van der Waals surface area (Å²) in [7, 11) is 0. The van der Waals surface area contributed by atoms with Crippen LogP contribution in [-0.2, 0) is 16.0 Å². The van der Waals surface area contributed by atoms with Crippen molar-refractivity contribution in [1.29, 1.82) is 0 Å². The molecular formula is C18H25N3O3S. The molecule has 6 nitrogen and oxygen atoms in total. The van der Waals surface area contributed by atoms with Gasteiger partial charge in [0, 0.05) is 11.8 Å². The van der Waals surface area contributed by atoms with Gasteiger partial charge in [0.05, 0.1) is 12.1 Å². The molecule has 7 heteroatoms. The number of anilines is 1. The molecule has 3 aliphatic carbocycles. The minimum absolute atomic E-state index is 0.0118. The summed E-state index contributed by atoms with van der Waals surface area (Å²) >= 11 is 1.32. The number of nitrogens with zero attached hydrogens (tertiary/aromatic N) is 1. The summed E-state index contributed by atoms with van der Waals surface area (Å²) in [6.07, 6.45) is 9.73. The lowest BCUT2D eigenvalue weighted by Crippen LogP contribution is -2.31. The van der Waals surface area contributed by atoms with Crippen LogP contribution in [0.15, 0.2) is 5.38 Å². The largest absolute Gasteiger partial charge is 0.302 e. The third-order valence-electron chi connectivity index (χ3n) is 6.40. The van der Waals surface area contributed by atoms with E-state index in [-0.39, 0.29) is 17.7 Å². The molecule has 4 unspecified atom stereocenters. The van der Waals surface area contributed by atoms with Gasteiger partial charge in [-0.05, 0) is 48.9 Å². The van der Waals surface area contributed by atoms with Crippen LogP contribution in [0.3, 0.4) is 0 Å². The van der Waals surface area contributed by atoms with Crippen molar-refractivity contribution in [3.05, 3.63) is 11.1 Å². The molecule has 3 aliphatic rings. The third kappa shape index (κ3) is 3.58. The Hall–Kier alpha value is -1.47. The monoisotopic (exact) mass is 363 g/mol. The lowest BCUT2D eigenvalue weighted by atomic mass is 9.68. The average molecular weight is 363 g/mol. The van der Waals surface area contributed by atoms with Gasteiger partial charge in [0.25, 0.3) is 0 Å². The Morgan fingerprint density at radius 1 is 1.24 bits per heavy atom. The number of hydrogen-bond acceptors (Lipinski definition) is 5. The Labute approximate surface area is 151 Å². The fourth-order valence-corrected chi connectivity index (χ4v) is 6.42. The van der Waals surface area contributed by atoms with Crippen LogP contribution in [0.25, 0.3) is 0 Å². The maximum atomic E-state index is 12.6. The lowest BCUT2D eigenvalue weighted by molar-refractivity contribution is -0.128. The highest BCUT2D eigenvalue weighted by Crippen LogP contribution is 2.61. The highest BCUT2D eigenvalue weighted by molar-refractivity contribution is 7.13. The summed E-state index contributed by atoms with van der Waals surface area (Å²) in [5.41, 5.74) is 2.35. The van der Waals surface area contributed by atoms with E-state index in [0.717, 1.165) is 17.8 Å². The molecule has 0 saturated heterocycles. The molecule has 136 valence electrons. The Morgan fingerprint density at radius 3 is 2.92 bits per heavy atom. The van der Waals surface area contributed by atoms with E-state index in [1.165, 1.54) is 56.3 Å². The number of hydrogen-bond donors (Lipinski definition) is 3. The Balaban J connectivity index is 1.37. The smallest absolute Gasteiger partial charge is 0.249 e. The van der Waals surface area contributed by atoms with Gasteiger partial charge < -0.3 is 5.32 Å². The van der Waals surface area contributed by atoms with E-state index in [1.54, 1.807) is 10.9 Å². The summed E-state index contributed by atoms with van der Waals surface area (Å²) < 4.78 is 0. The van der Waals surface area contributed by atoms with E-state index in [9.17, 15) is 9.59 Å². The first-order chi connectivity index (χ1) is 12.0. The molecule has 3 saturated carbocycles. The topological polar surface area (TPSA) is 91.3 Å². The molecule has 3 bridgehead atoms. The Bertz CT molecular complexity index is 672. The predicted octanol–water partition coefficient (Wildman–Crippen LogP) is 3.13. The zero-order valence-electron chi connectivity index (χ0n) is 14.3. The molecule has 1 aromatic heterocycles. The molecule has 0 spiro atoms. The first-order valence-electron chi connectivity index (χ1n) is 9.22. The number of fused-ring (bicyclic) bond motifs is 2. The summed E-state index contributed by atoms with van der Waals surface area (Å²) in [5.74, 6) is 2.05. The van der Waals surface area contributed by atoms with E-state index in [4.69, 9.17) is 5.21 Å². The van der Waals surface area contributed by atoms with Crippen LogP contribution in [0.1, 0.15) is 57.1 Å². The normalized spacial score (nSPS) is 33.1. The number of carbonyl (C=O) groups excluding carboxylic acids is 2. The molecule has 1 heterocycles. The fourth-order valence-electron chi connectivity index (χ4n) is 5.69. The van der Waals surface area contributed by atoms with E-state index in [1.807, 2.05) is 0 Å². The summed E-state index contributed by atoms with van der Waals surface area (Å²) in [5, 5.41) is 13.8. The molecule has 0 aliphatic heterocycles. The molecule has 0 radical (unpaired) electrons. The standard InChI is InChI=1S/C18H25N3O3S/c22-15(21-24)5-14-10-25-17(19-14)20-16(23)9-18-6-11-2-1-3-12(7-18)13(4-11)8-18/h10-13,24H,1-9H2,(H,21,22)(H,19,20,23). The zero-order valence-corrected chi connectivity index (χ0v) is 15.1. The third-order valence-corrected chi connectivity index (χ3v) is 7.21. The lowest BCUT2D eigenvalue weighted by Gasteiger charge is -2.37. The molecule has 1 aromatic rings. The van der Waals surface area contributed by atoms with Crippen LogP contribution >= 0.6 is 11.3 Å². The van der Waals surface area contributed by atoms with Crippen LogP contribution in [0.5, 0.6) is 0 Å². The van der Waals surface area contributed by atoms with Gasteiger partial charge >= 0.3 is 0 Å². The minimum atomic E-state index is -0.507. The van der Waals surface area contributed by atoms with Crippen LogP contribution < -0.4 is 10.8 Å². The molecule has 2 amide bonds. The Morgan fingerprint density at radius 2 is 2.08 bits per heavy atom. The van der Waals surface area contributed by atoms with Gasteiger partial charge in [-0.25, -0.2) is 10.5 Å². The minimum Gasteiger partial charge on any atom is -0.302 e. The number of hydroxylamine groups is 1. The van der Waals surface area contributed by atoms with Crippen LogP contribution in [0.2, 0.25) is 0 Å². The number of nitrogens with one attached hydrogen (secondary N) is 2. The maximum absolute atomic E-state index is 12.6. The molecule has 0 aromatic carbocycles. The number of amides is 2. The van der Waals surface area contributed by atoms with Crippen LogP contribution in [0.4, 0.5) is 5.13 Å². The van der Waals surface area contributed by atoms with Crippen molar-refractivity contribution in [2.75, 3.05) is 5.32 Å². The first kappa shape index (κ1) is 17.0. The maximum Gasteiger partial charge on any atom is 0.249 e.